The predicted octanol–water partition coefficient (Wildman–Crippen LogP) is 5.30. The van der Waals surface area contributed by atoms with Crippen LogP contribution >= 0.6 is 0 Å². The molecule has 0 aliphatic heterocycles. The Labute approximate surface area is 187 Å². The van der Waals surface area contributed by atoms with E-state index in [9.17, 15) is 0 Å². The van der Waals surface area contributed by atoms with E-state index < -0.39 is 0 Å². The van der Waals surface area contributed by atoms with Crippen LogP contribution in [0, 0.1) is 0 Å². The first-order valence-electron chi connectivity index (χ1n) is 10.2. The first-order chi connectivity index (χ1) is 15.7. The summed E-state index contributed by atoms with van der Waals surface area (Å²) in [6.45, 7) is 0.615. The van der Waals surface area contributed by atoms with E-state index in [0.717, 1.165) is 39.6 Å². The number of ether oxygens (including phenoxy) is 4. The molecule has 164 valence electrons. The Balaban J connectivity index is 1.87. The molecule has 0 atom stereocenters. The third-order valence-electron chi connectivity index (χ3n) is 5.32. The highest BCUT2D eigenvalue weighted by Gasteiger charge is 2.18. The molecule has 0 fully saturated rings. The van der Waals surface area contributed by atoms with Gasteiger partial charge in [0, 0.05) is 23.3 Å². The molecule has 6 heteroatoms. The Morgan fingerprint density at radius 3 is 1.84 bits per heavy atom. The van der Waals surface area contributed by atoms with Crippen LogP contribution in [-0.4, -0.2) is 38.2 Å². The smallest absolute Gasteiger partial charge is 0.132 e. The molecule has 4 aromatic rings. The second kappa shape index (κ2) is 9.47. The fourth-order valence-electron chi connectivity index (χ4n) is 3.66. The Hall–Kier alpha value is -3.93. The summed E-state index contributed by atoms with van der Waals surface area (Å²) in [5.41, 5.74) is 4.69. The molecule has 0 aliphatic rings. The number of rotatable bonds is 8. The predicted molar refractivity (Wildman–Crippen MR) is 125 cm³/mol. The fraction of sp³-hybridized carbons (Fsp3) is 0.192. The molecule has 0 aliphatic carbocycles. The lowest BCUT2D eigenvalue weighted by Crippen LogP contribution is -2.04. The zero-order chi connectivity index (χ0) is 22.5. The van der Waals surface area contributed by atoms with Crippen molar-refractivity contribution in [1.82, 2.24) is 9.78 Å². The van der Waals surface area contributed by atoms with Gasteiger partial charge in [-0.25, -0.2) is 0 Å². The molecule has 6 nitrogen and oxygen atoms in total. The van der Waals surface area contributed by atoms with Gasteiger partial charge in [-0.1, -0.05) is 30.3 Å². The second-order valence-electron chi connectivity index (χ2n) is 7.19. The van der Waals surface area contributed by atoms with Gasteiger partial charge in [0.2, 0.25) is 0 Å². The van der Waals surface area contributed by atoms with E-state index in [4.69, 9.17) is 24.0 Å². The maximum atomic E-state index is 5.68. The Kier molecular flexibility index (Phi) is 6.31. The van der Waals surface area contributed by atoms with Crippen LogP contribution in [0.3, 0.4) is 0 Å². The molecule has 0 saturated carbocycles. The summed E-state index contributed by atoms with van der Waals surface area (Å²) in [5, 5.41) is 4.94. The third kappa shape index (κ3) is 4.25. The summed E-state index contributed by atoms with van der Waals surface area (Å²) >= 11 is 0. The van der Waals surface area contributed by atoms with Gasteiger partial charge < -0.3 is 18.9 Å². The molecule has 0 radical (unpaired) electrons. The Morgan fingerprint density at radius 1 is 0.656 bits per heavy atom. The van der Waals surface area contributed by atoms with Crippen molar-refractivity contribution in [3.05, 3.63) is 78.4 Å². The summed E-state index contributed by atoms with van der Waals surface area (Å²) in [6.07, 6.45) is 0. The molecule has 0 N–H and O–H groups in total. The van der Waals surface area contributed by atoms with Crippen molar-refractivity contribution < 1.29 is 18.9 Å². The topological polar surface area (TPSA) is 54.7 Å². The Morgan fingerprint density at radius 2 is 1.25 bits per heavy atom. The lowest BCUT2D eigenvalue weighted by molar-refractivity contribution is 0.395. The number of methoxy groups -OCH3 is 4. The molecule has 0 amide bonds. The first kappa shape index (κ1) is 21.3. The van der Waals surface area contributed by atoms with E-state index in [-0.39, 0.29) is 0 Å². The average molecular weight is 431 g/mol. The van der Waals surface area contributed by atoms with E-state index in [1.807, 2.05) is 59.3 Å². The van der Waals surface area contributed by atoms with E-state index in [1.54, 1.807) is 28.4 Å². The highest BCUT2D eigenvalue weighted by molar-refractivity contribution is 5.76. The van der Waals surface area contributed by atoms with Crippen molar-refractivity contribution in [1.29, 1.82) is 0 Å². The molecule has 3 aromatic carbocycles. The summed E-state index contributed by atoms with van der Waals surface area (Å²) in [5.74, 6) is 2.87. The van der Waals surface area contributed by atoms with E-state index in [1.165, 1.54) is 0 Å². The quantitative estimate of drug-likeness (QED) is 0.380. The van der Waals surface area contributed by atoms with Crippen molar-refractivity contribution in [3.8, 4) is 45.5 Å². The lowest BCUT2D eigenvalue weighted by Gasteiger charge is -2.12. The molecule has 0 saturated heterocycles. The minimum absolute atomic E-state index is 0.615. The zero-order valence-electron chi connectivity index (χ0n) is 18.7. The minimum atomic E-state index is 0.615. The summed E-state index contributed by atoms with van der Waals surface area (Å²) < 4.78 is 24.0. The molecular formula is C26H26N2O4. The molecule has 4 rings (SSSR count). The molecule has 1 heterocycles. The van der Waals surface area contributed by atoms with Gasteiger partial charge in [0.25, 0.3) is 0 Å². The number of hydrogen-bond acceptors (Lipinski definition) is 5. The van der Waals surface area contributed by atoms with Crippen LogP contribution < -0.4 is 18.9 Å². The first-order valence-corrected chi connectivity index (χ1v) is 10.2. The average Bonchev–Trinajstić information content (AvgIpc) is 3.26. The van der Waals surface area contributed by atoms with Crippen molar-refractivity contribution >= 4 is 0 Å². The van der Waals surface area contributed by atoms with Crippen LogP contribution in [0.4, 0.5) is 0 Å². The van der Waals surface area contributed by atoms with Gasteiger partial charge >= 0.3 is 0 Å². The monoisotopic (exact) mass is 430 g/mol. The summed E-state index contributed by atoms with van der Waals surface area (Å²) in [6, 6.07) is 23.8. The van der Waals surface area contributed by atoms with Crippen LogP contribution in [-0.2, 0) is 6.54 Å². The Bertz CT molecular complexity index is 1200. The minimum Gasteiger partial charge on any atom is -0.497 e. The van der Waals surface area contributed by atoms with Crippen molar-refractivity contribution in [2.24, 2.45) is 0 Å². The van der Waals surface area contributed by atoms with Crippen molar-refractivity contribution in [3.63, 3.8) is 0 Å². The van der Waals surface area contributed by atoms with Crippen molar-refractivity contribution in [2.75, 3.05) is 28.4 Å². The van der Waals surface area contributed by atoms with Gasteiger partial charge in [-0.3, -0.25) is 4.68 Å². The number of nitrogens with zero attached hydrogens (tertiary/aromatic N) is 2. The second-order valence-corrected chi connectivity index (χ2v) is 7.19. The maximum Gasteiger partial charge on any atom is 0.132 e. The fourth-order valence-corrected chi connectivity index (χ4v) is 3.66. The molecule has 1 aromatic heterocycles. The van der Waals surface area contributed by atoms with Gasteiger partial charge in [-0.2, -0.15) is 5.10 Å². The van der Waals surface area contributed by atoms with E-state index in [2.05, 4.69) is 18.2 Å². The van der Waals surface area contributed by atoms with Gasteiger partial charge in [0.1, 0.15) is 23.0 Å². The van der Waals surface area contributed by atoms with E-state index in [0.29, 0.717) is 18.0 Å². The van der Waals surface area contributed by atoms with Crippen LogP contribution in [0.2, 0.25) is 0 Å². The standard InChI is InChI=1S/C26H26N2O4/c1-29-19-10-12-21(25(14-19)31-3)23-16-24(22-13-11-20(30-2)15-26(22)32-4)28(27-23)17-18-8-6-5-7-9-18/h5-16H,17H2,1-4H3. The van der Waals surface area contributed by atoms with Gasteiger partial charge in [0.15, 0.2) is 0 Å². The molecule has 0 bridgehead atoms. The van der Waals surface area contributed by atoms with E-state index >= 15 is 0 Å². The van der Waals surface area contributed by atoms with Gasteiger partial charge in [-0.15, -0.1) is 0 Å². The van der Waals surface area contributed by atoms with Crippen molar-refractivity contribution in [2.45, 2.75) is 6.54 Å². The van der Waals surface area contributed by atoms with Crippen LogP contribution in [0.15, 0.2) is 72.8 Å². The molecule has 32 heavy (non-hydrogen) atoms. The largest absolute Gasteiger partial charge is 0.497 e. The zero-order valence-corrected chi connectivity index (χ0v) is 18.7. The highest BCUT2D eigenvalue weighted by atomic mass is 16.5. The summed E-state index contributed by atoms with van der Waals surface area (Å²) in [4.78, 5) is 0. The lowest BCUT2D eigenvalue weighted by atomic mass is 10.1. The normalized spacial score (nSPS) is 10.6. The molecule has 0 unspecified atom stereocenters. The van der Waals surface area contributed by atoms with Crippen LogP contribution in [0.25, 0.3) is 22.5 Å². The molecule has 0 spiro atoms. The SMILES string of the molecule is COc1ccc(-c2cc(-c3ccc(OC)cc3OC)n(Cc3ccccc3)n2)c(OC)c1. The summed E-state index contributed by atoms with van der Waals surface area (Å²) in [7, 11) is 6.58. The maximum absolute atomic E-state index is 5.68. The van der Waals surface area contributed by atoms with Gasteiger partial charge in [0.05, 0.1) is 46.4 Å². The van der Waals surface area contributed by atoms with Crippen LogP contribution in [0.1, 0.15) is 5.56 Å². The van der Waals surface area contributed by atoms with Crippen LogP contribution in [0.5, 0.6) is 23.0 Å². The number of benzene rings is 3. The number of hydrogen-bond donors (Lipinski definition) is 0. The van der Waals surface area contributed by atoms with Gasteiger partial charge in [-0.05, 0) is 35.9 Å². The number of aromatic nitrogens is 2. The highest BCUT2D eigenvalue weighted by Crippen LogP contribution is 2.38. The molecular weight excluding hydrogens is 404 g/mol. The third-order valence-corrected chi connectivity index (χ3v) is 5.32.